The van der Waals surface area contributed by atoms with Crippen LogP contribution in [-0.2, 0) is 11.4 Å². The van der Waals surface area contributed by atoms with E-state index < -0.39 is 0 Å². The summed E-state index contributed by atoms with van der Waals surface area (Å²) in [4.78, 5) is 13.6. The van der Waals surface area contributed by atoms with Gasteiger partial charge in [0, 0.05) is 41.2 Å². The van der Waals surface area contributed by atoms with Crippen molar-refractivity contribution in [2.45, 2.75) is 32.3 Å². The molecule has 1 aromatic heterocycles. The second kappa shape index (κ2) is 11.2. The zero-order valence-electron chi connectivity index (χ0n) is 18.7. The largest absolute Gasteiger partial charge is 0.496 e. The zero-order valence-corrected chi connectivity index (χ0v) is 18.7. The van der Waals surface area contributed by atoms with E-state index in [0.717, 1.165) is 28.3 Å². The number of nitrogens with zero attached hydrogens (tertiary/aromatic N) is 1. The quantitative estimate of drug-likeness (QED) is 0.213. The molecule has 0 atom stereocenters. The number of hydrazine groups is 1. The minimum Gasteiger partial charge on any atom is -0.496 e. The van der Waals surface area contributed by atoms with Gasteiger partial charge < -0.3 is 14.8 Å². The molecule has 0 saturated heterocycles. The van der Waals surface area contributed by atoms with Crippen LogP contribution in [0.4, 0.5) is 5.69 Å². The van der Waals surface area contributed by atoms with Crippen molar-refractivity contribution >= 4 is 12.1 Å². The number of amides is 1. The fourth-order valence-corrected chi connectivity index (χ4v) is 3.69. The van der Waals surface area contributed by atoms with Crippen LogP contribution >= 0.6 is 0 Å². The van der Waals surface area contributed by atoms with E-state index in [9.17, 15) is 0 Å². The Kier molecular flexibility index (Phi) is 8.05. The van der Waals surface area contributed by atoms with Gasteiger partial charge in [0.05, 0.1) is 7.11 Å². The summed E-state index contributed by atoms with van der Waals surface area (Å²) in [5.41, 5.74) is 8.53. The molecule has 32 heavy (non-hydrogen) atoms. The number of anilines is 1. The van der Waals surface area contributed by atoms with E-state index in [1.165, 1.54) is 24.0 Å². The lowest BCUT2D eigenvalue weighted by atomic mass is 10.0. The standard InChI is InChI=1S/C24H26N2O2.CH4N2O/c1-16-18(20-7-4-5-10-23(20)27-3)13-14-24(26-16)28-15-21-19(17-11-12-17)8-6-9-22(21)25-2;2-3-1-4/h4-10,13-14,17,25H,11-12,15H2,1-3H3;1H,2H2,(H,3,4). The molecule has 1 fully saturated rings. The number of methoxy groups -OCH3 is 1. The van der Waals surface area contributed by atoms with E-state index in [-0.39, 0.29) is 0 Å². The summed E-state index contributed by atoms with van der Waals surface area (Å²) in [6.45, 7) is 2.52. The maximum absolute atomic E-state index is 8.94. The number of aryl methyl sites for hydroxylation is 1. The predicted octanol–water partition coefficient (Wildman–Crippen LogP) is 4.17. The van der Waals surface area contributed by atoms with Gasteiger partial charge in [-0.1, -0.05) is 30.3 Å². The summed E-state index contributed by atoms with van der Waals surface area (Å²) in [6.07, 6.45) is 2.94. The Morgan fingerprint density at radius 2 is 1.84 bits per heavy atom. The van der Waals surface area contributed by atoms with Gasteiger partial charge in [-0.25, -0.2) is 10.8 Å². The van der Waals surface area contributed by atoms with Gasteiger partial charge in [-0.3, -0.25) is 10.2 Å². The molecule has 7 nitrogen and oxygen atoms in total. The van der Waals surface area contributed by atoms with E-state index in [1.54, 1.807) is 12.5 Å². The molecular weight excluding hydrogens is 404 g/mol. The van der Waals surface area contributed by atoms with Gasteiger partial charge in [-0.2, -0.15) is 0 Å². The summed E-state index contributed by atoms with van der Waals surface area (Å²) in [5, 5.41) is 3.30. The van der Waals surface area contributed by atoms with Crippen LogP contribution in [0.2, 0.25) is 0 Å². The number of hydrogen-bond acceptors (Lipinski definition) is 6. The summed E-state index contributed by atoms with van der Waals surface area (Å²) in [7, 11) is 3.65. The first-order valence-corrected chi connectivity index (χ1v) is 10.6. The lowest BCUT2D eigenvalue weighted by Crippen LogP contribution is -2.18. The highest BCUT2D eigenvalue weighted by Crippen LogP contribution is 2.43. The van der Waals surface area contributed by atoms with Gasteiger partial charge in [0.1, 0.15) is 12.4 Å². The molecule has 4 N–H and O–H groups in total. The van der Waals surface area contributed by atoms with Crippen LogP contribution in [-0.4, -0.2) is 25.6 Å². The molecule has 0 bridgehead atoms. The number of para-hydroxylation sites is 1. The van der Waals surface area contributed by atoms with Crippen molar-refractivity contribution in [3.8, 4) is 22.8 Å². The van der Waals surface area contributed by atoms with Gasteiger partial charge in [-0.05, 0) is 49.4 Å². The first-order chi connectivity index (χ1) is 15.6. The normalized spacial score (nSPS) is 12.2. The number of benzene rings is 2. The third-order valence-corrected chi connectivity index (χ3v) is 5.39. The smallest absolute Gasteiger partial charge is 0.221 e. The molecule has 2 aromatic carbocycles. The molecule has 0 spiro atoms. The molecule has 1 heterocycles. The van der Waals surface area contributed by atoms with Crippen LogP contribution in [0.25, 0.3) is 11.1 Å². The predicted molar refractivity (Wildman–Crippen MR) is 127 cm³/mol. The number of pyridine rings is 1. The van der Waals surface area contributed by atoms with Crippen molar-refractivity contribution in [2.75, 3.05) is 19.5 Å². The lowest BCUT2D eigenvalue weighted by Gasteiger charge is -2.16. The van der Waals surface area contributed by atoms with Crippen LogP contribution in [0.15, 0.2) is 54.6 Å². The number of hydrogen-bond donors (Lipinski definition) is 3. The van der Waals surface area contributed by atoms with Crippen molar-refractivity contribution in [3.63, 3.8) is 0 Å². The van der Waals surface area contributed by atoms with Crippen LogP contribution in [0.5, 0.6) is 11.6 Å². The molecule has 0 radical (unpaired) electrons. The minimum atomic E-state index is 0.403. The van der Waals surface area contributed by atoms with Gasteiger partial charge >= 0.3 is 0 Å². The number of rotatable bonds is 8. The number of carbonyl (C=O) groups is 1. The second-order valence-corrected chi connectivity index (χ2v) is 7.45. The third-order valence-electron chi connectivity index (χ3n) is 5.39. The molecule has 1 amide bonds. The number of aromatic nitrogens is 1. The van der Waals surface area contributed by atoms with Crippen molar-refractivity contribution in [3.05, 3.63) is 71.4 Å². The van der Waals surface area contributed by atoms with Crippen molar-refractivity contribution < 1.29 is 14.3 Å². The number of carbonyl (C=O) groups excluding carboxylic acids is 1. The summed E-state index contributed by atoms with van der Waals surface area (Å²) >= 11 is 0. The molecule has 1 saturated carbocycles. The SMILES string of the molecule is CNc1cccc(C2CC2)c1COc1ccc(-c2ccccc2OC)c(C)n1.NNC=O. The highest BCUT2D eigenvalue weighted by Gasteiger charge is 2.27. The van der Waals surface area contributed by atoms with Crippen molar-refractivity contribution in [1.29, 1.82) is 0 Å². The summed E-state index contributed by atoms with van der Waals surface area (Å²) in [5.74, 6) is 6.57. The van der Waals surface area contributed by atoms with Crippen molar-refractivity contribution in [2.24, 2.45) is 5.84 Å². The fraction of sp³-hybridized carbons (Fsp3) is 0.280. The third kappa shape index (κ3) is 5.56. The summed E-state index contributed by atoms with van der Waals surface area (Å²) in [6, 6.07) is 18.4. The summed E-state index contributed by atoms with van der Waals surface area (Å²) < 4.78 is 11.6. The highest BCUT2D eigenvalue weighted by molar-refractivity contribution is 5.72. The monoisotopic (exact) mass is 434 g/mol. The maximum Gasteiger partial charge on any atom is 0.221 e. The second-order valence-electron chi connectivity index (χ2n) is 7.45. The Labute approximate surface area is 188 Å². The Morgan fingerprint density at radius 1 is 1.09 bits per heavy atom. The molecule has 0 aliphatic heterocycles. The lowest BCUT2D eigenvalue weighted by molar-refractivity contribution is -0.109. The molecule has 4 rings (SSSR count). The fourth-order valence-electron chi connectivity index (χ4n) is 3.69. The van der Waals surface area contributed by atoms with E-state index in [4.69, 9.17) is 14.3 Å². The molecular formula is C25H30N4O3. The number of nitrogens with two attached hydrogens (primary N) is 1. The molecule has 1 aliphatic carbocycles. The van der Waals surface area contributed by atoms with E-state index in [1.807, 2.05) is 38.2 Å². The van der Waals surface area contributed by atoms with Crippen molar-refractivity contribution in [1.82, 2.24) is 10.4 Å². The Bertz CT molecular complexity index is 1050. The number of nitrogens with one attached hydrogen (secondary N) is 2. The topological polar surface area (TPSA) is 98.5 Å². The van der Waals surface area contributed by atoms with E-state index >= 15 is 0 Å². The minimum absolute atomic E-state index is 0.403. The molecule has 3 aromatic rings. The molecule has 168 valence electrons. The van der Waals surface area contributed by atoms with Gasteiger partial charge in [0.25, 0.3) is 0 Å². The molecule has 0 unspecified atom stereocenters. The van der Waals surface area contributed by atoms with Gasteiger partial charge in [-0.15, -0.1) is 0 Å². The first-order valence-electron chi connectivity index (χ1n) is 10.6. The highest BCUT2D eigenvalue weighted by atomic mass is 16.5. The average molecular weight is 435 g/mol. The molecule has 1 aliphatic rings. The van der Waals surface area contributed by atoms with Crippen LogP contribution < -0.4 is 26.1 Å². The van der Waals surface area contributed by atoms with Crippen LogP contribution in [0.3, 0.4) is 0 Å². The van der Waals surface area contributed by atoms with E-state index in [0.29, 0.717) is 24.8 Å². The Balaban J connectivity index is 0.000000668. The first kappa shape index (κ1) is 23.1. The van der Waals surface area contributed by atoms with Crippen LogP contribution in [0, 0.1) is 6.92 Å². The van der Waals surface area contributed by atoms with Gasteiger partial charge in [0.15, 0.2) is 0 Å². The van der Waals surface area contributed by atoms with Gasteiger partial charge in [0.2, 0.25) is 12.3 Å². The zero-order chi connectivity index (χ0) is 22.9. The Hall–Kier alpha value is -3.58. The number of ether oxygens (including phenoxy) is 2. The van der Waals surface area contributed by atoms with Crippen LogP contribution in [0.1, 0.15) is 35.6 Å². The van der Waals surface area contributed by atoms with E-state index in [2.05, 4.69) is 46.5 Å². The Morgan fingerprint density at radius 3 is 2.47 bits per heavy atom. The molecule has 7 heteroatoms. The average Bonchev–Trinajstić information content (AvgIpc) is 3.68. The maximum atomic E-state index is 8.94.